The van der Waals surface area contributed by atoms with Crippen molar-refractivity contribution >= 4 is 17.2 Å². The number of H-pyrrole nitrogens is 1. The summed E-state index contributed by atoms with van der Waals surface area (Å²) in [5.41, 5.74) is 4.04. The molecule has 0 saturated carbocycles. The molecule has 1 unspecified atom stereocenters. The third-order valence-corrected chi connectivity index (χ3v) is 5.37. The molecule has 10 heteroatoms. The Balaban J connectivity index is 1.64. The van der Waals surface area contributed by atoms with Gasteiger partial charge in [0.1, 0.15) is 17.9 Å². The zero-order valence-corrected chi connectivity index (χ0v) is 17.2. The van der Waals surface area contributed by atoms with Gasteiger partial charge in [-0.3, -0.25) is 15.2 Å². The standard InChI is InChI=1S/C22H18N6O4/c1-12-17-18(13-3-7-15(8-4-13)28(29)30)19-20(25-14-5-9-16(31-2)10-6-14)23-11-24-21(19)32-22(17)27-26-12/h3-11,18H,1-2H3,(H,26,27)(H,23,24,25). The van der Waals surface area contributed by atoms with Gasteiger partial charge in [-0.1, -0.05) is 12.1 Å². The first kappa shape index (κ1) is 19.5. The van der Waals surface area contributed by atoms with Crippen molar-refractivity contribution in [2.75, 3.05) is 12.4 Å². The summed E-state index contributed by atoms with van der Waals surface area (Å²) in [6.45, 7) is 1.90. The fourth-order valence-electron chi connectivity index (χ4n) is 3.82. The largest absolute Gasteiger partial charge is 0.497 e. The molecule has 32 heavy (non-hydrogen) atoms. The fourth-order valence-corrected chi connectivity index (χ4v) is 3.82. The Kier molecular flexibility index (Phi) is 4.66. The topological polar surface area (TPSA) is 128 Å². The molecule has 2 N–H and O–H groups in total. The van der Waals surface area contributed by atoms with Crippen molar-refractivity contribution in [1.29, 1.82) is 0 Å². The number of hydrogen-bond donors (Lipinski definition) is 2. The van der Waals surface area contributed by atoms with Crippen molar-refractivity contribution in [3.8, 4) is 17.5 Å². The van der Waals surface area contributed by atoms with Gasteiger partial charge in [-0.05, 0) is 36.8 Å². The molecule has 5 rings (SSSR count). The molecule has 4 aromatic rings. The second kappa shape index (κ2) is 7.65. The van der Waals surface area contributed by atoms with Crippen molar-refractivity contribution < 1.29 is 14.4 Å². The van der Waals surface area contributed by atoms with E-state index in [1.807, 2.05) is 31.2 Å². The van der Waals surface area contributed by atoms with Gasteiger partial charge in [0.2, 0.25) is 11.8 Å². The average molecular weight is 430 g/mol. The highest BCUT2D eigenvalue weighted by molar-refractivity contribution is 5.68. The lowest BCUT2D eigenvalue weighted by molar-refractivity contribution is -0.384. The summed E-state index contributed by atoms with van der Waals surface area (Å²) in [5.74, 6) is 1.77. The zero-order chi connectivity index (χ0) is 22.2. The van der Waals surface area contributed by atoms with Crippen LogP contribution in [0, 0.1) is 17.0 Å². The molecule has 0 amide bonds. The number of anilines is 2. The Hall–Kier alpha value is -4.47. The van der Waals surface area contributed by atoms with Crippen molar-refractivity contribution in [3.63, 3.8) is 0 Å². The average Bonchev–Trinajstić information content (AvgIpc) is 3.18. The van der Waals surface area contributed by atoms with Crippen LogP contribution in [-0.2, 0) is 0 Å². The van der Waals surface area contributed by atoms with Crippen LogP contribution in [-0.4, -0.2) is 32.2 Å². The smallest absolute Gasteiger partial charge is 0.269 e. The molecule has 1 aliphatic rings. The molecule has 1 aliphatic heterocycles. The predicted molar refractivity (Wildman–Crippen MR) is 116 cm³/mol. The van der Waals surface area contributed by atoms with Gasteiger partial charge in [0.05, 0.1) is 23.5 Å². The van der Waals surface area contributed by atoms with Gasteiger partial charge in [-0.25, -0.2) is 9.97 Å². The Morgan fingerprint density at radius 3 is 2.50 bits per heavy atom. The summed E-state index contributed by atoms with van der Waals surface area (Å²) in [6.07, 6.45) is 1.42. The molecule has 0 radical (unpaired) electrons. The van der Waals surface area contributed by atoms with E-state index in [2.05, 4.69) is 25.5 Å². The normalized spacial score (nSPS) is 14.1. The number of nitrogens with one attached hydrogen (secondary N) is 2. The monoisotopic (exact) mass is 430 g/mol. The van der Waals surface area contributed by atoms with Crippen LogP contribution in [0.3, 0.4) is 0 Å². The van der Waals surface area contributed by atoms with E-state index in [4.69, 9.17) is 9.47 Å². The Labute approximate surface area is 182 Å². The van der Waals surface area contributed by atoms with Crippen LogP contribution < -0.4 is 14.8 Å². The molecule has 0 spiro atoms. The number of ether oxygens (including phenoxy) is 2. The molecule has 0 aliphatic carbocycles. The molecule has 2 aromatic carbocycles. The first-order chi connectivity index (χ1) is 15.5. The van der Waals surface area contributed by atoms with Gasteiger partial charge in [0.25, 0.3) is 5.69 Å². The molecule has 1 atom stereocenters. The van der Waals surface area contributed by atoms with Gasteiger partial charge in [0.15, 0.2) is 0 Å². The number of fused-ring (bicyclic) bond motifs is 2. The summed E-state index contributed by atoms with van der Waals surface area (Å²) in [7, 11) is 1.61. The van der Waals surface area contributed by atoms with E-state index in [-0.39, 0.29) is 11.6 Å². The molecule has 0 bridgehead atoms. The Bertz CT molecular complexity index is 1300. The first-order valence-corrected chi connectivity index (χ1v) is 9.78. The van der Waals surface area contributed by atoms with Crippen LogP contribution in [0.1, 0.15) is 28.3 Å². The van der Waals surface area contributed by atoms with E-state index in [1.165, 1.54) is 18.5 Å². The van der Waals surface area contributed by atoms with Crippen LogP contribution in [0.25, 0.3) is 0 Å². The summed E-state index contributed by atoms with van der Waals surface area (Å²) in [5, 5.41) is 21.7. The van der Waals surface area contributed by atoms with E-state index in [9.17, 15) is 10.1 Å². The SMILES string of the molecule is COc1ccc(Nc2ncnc3c2C(c2ccc([N+](=O)[O-])cc2)c2c(n[nH]c2C)O3)cc1. The van der Waals surface area contributed by atoms with E-state index in [0.29, 0.717) is 23.1 Å². The number of aromatic nitrogens is 4. The second-order valence-corrected chi connectivity index (χ2v) is 7.25. The highest BCUT2D eigenvalue weighted by atomic mass is 16.6. The van der Waals surface area contributed by atoms with Crippen molar-refractivity contribution in [2.24, 2.45) is 0 Å². The third-order valence-electron chi connectivity index (χ3n) is 5.37. The summed E-state index contributed by atoms with van der Waals surface area (Å²) in [6, 6.07) is 13.9. The van der Waals surface area contributed by atoms with Gasteiger partial charge >= 0.3 is 0 Å². The maximum Gasteiger partial charge on any atom is 0.269 e. The number of hydrogen-bond acceptors (Lipinski definition) is 8. The zero-order valence-electron chi connectivity index (χ0n) is 17.2. The molecule has 0 fully saturated rings. The third kappa shape index (κ3) is 3.27. The van der Waals surface area contributed by atoms with E-state index < -0.39 is 4.92 Å². The minimum absolute atomic E-state index is 0.0195. The molecule has 3 heterocycles. The molecule has 0 saturated heterocycles. The molecular weight excluding hydrogens is 412 g/mol. The van der Waals surface area contributed by atoms with Crippen LogP contribution in [0.5, 0.6) is 17.5 Å². The van der Waals surface area contributed by atoms with Gasteiger partial charge in [-0.15, -0.1) is 5.10 Å². The van der Waals surface area contributed by atoms with Gasteiger partial charge in [-0.2, -0.15) is 0 Å². The molecular formula is C22H18N6O4. The highest BCUT2D eigenvalue weighted by Crippen LogP contribution is 2.49. The summed E-state index contributed by atoms with van der Waals surface area (Å²) in [4.78, 5) is 19.5. The van der Waals surface area contributed by atoms with Gasteiger partial charge < -0.3 is 14.8 Å². The summed E-state index contributed by atoms with van der Waals surface area (Å²) >= 11 is 0. The molecule has 160 valence electrons. The van der Waals surface area contributed by atoms with Crippen LogP contribution >= 0.6 is 0 Å². The number of rotatable bonds is 5. The van der Waals surface area contributed by atoms with E-state index in [0.717, 1.165) is 28.3 Å². The fraction of sp³-hybridized carbons (Fsp3) is 0.136. The van der Waals surface area contributed by atoms with Crippen LogP contribution in [0.4, 0.5) is 17.2 Å². The van der Waals surface area contributed by atoms with E-state index >= 15 is 0 Å². The molecule has 10 nitrogen and oxygen atoms in total. The van der Waals surface area contributed by atoms with Crippen LogP contribution in [0.2, 0.25) is 0 Å². The molecule has 2 aromatic heterocycles. The van der Waals surface area contributed by atoms with Crippen LogP contribution in [0.15, 0.2) is 54.9 Å². The number of nitro groups is 1. The minimum atomic E-state index is -0.421. The number of nitrogens with zero attached hydrogens (tertiary/aromatic N) is 4. The minimum Gasteiger partial charge on any atom is -0.497 e. The maximum atomic E-state index is 11.1. The number of aromatic amines is 1. The maximum absolute atomic E-state index is 11.1. The lowest BCUT2D eigenvalue weighted by atomic mass is 9.84. The lowest BCUT2D eigenvalue weighted by Gasteiger charge is -2.27. The number of methoxy groups -OCH3 is 1. The lowest BCUT2D eigenvalue weighted by Crippen LogP contribution is -2.16. The first-order valence-electron chi connectivity index (χ1n) is 9.78. The number of benzene rings is 2. The van der Waals surface area contributed by atoms with Crippen molar-refractivity contribution in [2.45, 2.75) is 12.8 Å². The predicted octanol–water partition coefficient (Wildman–Crippen LogP) is 4.45. The van der Waals surface area contributed by atoms with Gasteiger partial charge in [0, 0.05) is 29.1 Å². The van der Waals surface area contributed by atoms with E-state index in [1.54, 1.807) is 19.2 Å². The quantitative estimate of drug-likeness (QED) is 0.309. The van der Waals surface area contributed by atoms with Crippen molar-refractivity contribution in [1.82, 2.24) is 20.2 Å². The summed E-state index contributed by atoms with van der Waals surface area (Å²) < 4.78 is 11.2. The Morgan fingerprint density at radius 2 is 1.81 bits per heavy atom. The number of aryl methyl sites for hydroxylation is 1. The highest BCUT2D eigenvalue weighted by Gasteiger charge is 2.36. The van der Waals surface area contributed by atoms with Crippen molar-refractivity contribution in [3.05, 3.63) is 87.4 Å². The number of non-ortho nitro benzene ring substituents is 1. The number of nitro benzene ring substituents is 1. The second-order valence-electron chi connectivity index (χ2n) is 7.25. The Morgan fingerprint density at radius 1 is 1.06 bits per heavy atom.